The van der Waals surface area contributed by atoms with Gasteiger partial charge >= 0.3 is 6.03 Å². The second kappa shape index (κ2) is 12.0. The summed E-state index contributed by atoms with van der Waals surface area (Å²) in [6.45, 7) is 3.86. The molecule has 0 bridgehead atoms. The number of amides is 3. The fourth-order valence-corrected chi connectivity index (χ4v) is 3.58. The van der Waals surface area contributed by atoms with Crippen LogP contribution in [-0.2, 0) is 6.54 Å². The van der Waals surface area contributed by atoms with Gasteiger partial charge in [-0.25, -0.2) is 4.79 Å². The van der Waals surface area contributed by atoms with E-state index in [1.54, 1.807) is 66.7 Å². The molecule has 0 fully saturated rings. The number of nitrogens with one attached hydrogen (secondary N) is 2. The summed E-state index contributed by atoms with van der Waals surface area (Å²) in [5.74, 6) is 0.0403. The average Bonchev–Trinajstić information content (AvgIpc) is 2.85. The van der Waals surface area contributed by atoms with Crippen molar-refractivity contribution in [2.24, 2.45) is 0 Å². The summed E-state index contributed by atoms with van der Waals surface area (Å²) < 4.78 is 5.61. The normalized spacial score (nSPS) is 10.5. The van der Waals surface area contributed by atoms with Crippen LogP contribution in [0.1, 0.15) is 40.1 Å². The quantitative estimate of drug-likeness (QED) is 0.390. The van der Waals surface area contributed by atoms with Crippen LogP contribution in [0.15, 0.2) is 72.8 Å². The second-order valence-electron chi connectivity index (χ2n) is 8.16. The van der Waals surface area contributed by atoms with Crippen LogP contribution in [0.4, 0.5) is 10.5 Å². The van der Waals surface area contributed by atoms with Gasteiger partial charge in [-0.15, -0.1) is 0 Å². The largest absolute Gasteiger partial charge is 0.489 e. The predicted octanol–water partition coefficient (Wildman–Crippen LogP) is 5.40. The van der Waals surface area contributed by atoms with Crippen LogP contribution >= 0.6 is 11.6 Å². The van der Waals surface area contributed by atoms with Crippen LogP contribution in [0, 0.1) is 0 Å². The van der Waals surface area contributed by atoms with Gasteiger partial charge < -0.3 is 20.3 Å². The van der Waals surface area contributed by atoms with Gasteiger partial charge in [-0.05, 0) is 61.9 Å². The van der Waals surface area contributed by atoms with Crippen molar-refractivity contribution in [3.05, 3.63) is 94.5 Å². The minimum absolute atomic E-state index is 0.0455. The van der Waals surface area contributed by atoms with Crippen molar-refractivity contribution >= 4 is 35.0 Å². The molecule has 0 saturated heterocycles. The number of urea groups is 1. The fraction of sp³-hybridized carbons (Fsp3) is 0.222. The maximum atomic E-state index is 12.9. The van der Waals surface area contributed by atoms with Crippen LogP contribution in [0.3, 0.4) is 0 Å². The summed E-state index contributed by atoms with van der Waals surface area (Å²) in [4.78, 5) is 39.1. The highest BCUT2D eigenvalue weighted by molar-refractivity contribution is 6.32. The molecule has 0 spiro atoms. The van der Waals surface area contributed by atoms with E-state index in [0.29, 0.717) is 27.6 Å². The minimum atomic E-state index is -0.384. The Morgan fingerprint density at radius 3 is 2.23 bits per heavy atom. The molecule has 0 saturated carbocycles. The Kier molecular flexibility index (Phi) is 8.86. The lowest BCUT2D eigenvalue weighted by Crippen LogP contribution is -2.40. The average molecular weight is 494 g/mol. The zero-order chi connectivity index (χ0) is 25.4. The van der Waals surface area contributed by atoms with E-state index in [1.165, 1.54) is 11.9 Å². The summed E-state index contributed by atoms with van der Waals surface area (Å²) in [5, 5.41) is 5.75. The van der Waals surface area contributed by atoms with Crippen molar-refractivity contribution in [1.29, 1.82) is 0 Å². The number of nitrogens with zero attached hydrogens (tertiary/aromatic N) is 1. The molecule has 0 unspecified atom stereocenters. The maximum absolute atomic E-state index is 12.9. The standard InChI is InChI=1S/C27H28ClN3O4/c1-18(2)35-25-14-11-21(15-23(25)28)24(32)17-31(27(34)29-3)16-19-9-12-22(13-10-19)30-26(33)20-7-5-4-6-8-20/h4-15,18H,16-17H2,1-3H3,(H,29,34)(H,30,33). The third kappa shape index (κ3) is 7.32. The topological polar surface area (TPSA) is 87.7 Å². The molecule has 3 rings (SSSR count). The van der Waals surface area contributed by atoms with Crippen molar-refractivity contribution in [3.63, 3.8) is 0 Å². The predicted molar refractivity (Wildman–Crippen MR) is 137 cm³/mol. The molecule has 182 valence electrons. The Hall–Kier alpha value is -3.84. The highest BCUT2D eigenvalue weighted by Gasteiger charge is 2.19. The Bertz CT molecular complexity index is 1180. The van der Waals surface area contributed by atoms with Crippen molar-refractivity contribution < 1.29 is 19.1 Å². The van der Waals surface area contributed by atoms with Crippen molar-refractivity contribution in [1.82, 2.24) is 10.2 Å². The fourth-order valence-electron chi connectivity index (χ4n) is 3.35. The summed E-state index contributed by atoms with van der Waals surface area (Å²) in [5.41, 5.74) is 2.38. The Labute approximate surface area is 210 Å². The number of hydrogen-bond acceptors (Lipinski definition) is 4. The SMILES string of the molecule is CNC(=O)N(CC(=O)c1ccc(OC(C)C)c(Cl)c1)Cc1ccc(NC(=O)c2ccccc2)cc1. The first kappa shape index (κ1) is 25.8. The lowest BCUT2D eigenvalue weighted by atomic mass is 10.1. The molecule has 0 heterocycles. The van der Waals surface area contributed by atoms with Gasteiger partial charge in [0.15, 0.2) is 5.78 Å². The number of benzene rings is 3. The van der Waals surface area contributed by atoms with Gasteiger partial charge in [-0.2, -0.15) is 0 Å². The third-order valence-corrected chi connectivity index (χ3v) is 5.37. The van der Waals surface area contributed by atoms with Crippen LogP contribution < -0.4 is 15.4 Å². The van der Waals surface area contributed by atoms with E-state index in [4.69, 9.17) is 16.3 Å². The van der Waals surface area contributed by atoms with Crippen molar-refractivity contribution in [2.75, 3.05) is 18.9 Å². The number of anilines is 1. The summed E-state index contributed by atoms with van der Waals surface area (Å²) in [6.07, 6.45) is -0.0455. The van der Waals surface area contributed by atoms with E-state index in [9.17, 15) is 14.4 Å². The maximum Gasteiger partial charge on any atom is 0.317 e. The lowest BCUT2D eigenvalue weighted by molar-refractivity contribution is 0.0939. The monoisotopic (exact) mass is 493 g/mol. The number of carbonyl (C=O) groups excluding carboxylic acids is 3. The Morgan fingerprint density at radius 2 is 1.63 bits per heavy atom. The number of halogens is 1. The summed E-state index contributed by atoms with van der Waals surface area (Å²) in [7, 11) is 1.51. The van der Waals surface area contributed by atoms with Gasteiger partial charge in [0.05, 0.1) is 17.7 Å². The van der Waals surface area contributed by atoms with E-state index in [2.05, 4.69) is 10.6 Å². The lowest BCUT2D eigenvalue weighted by Gasteiger charge is -2.22. The molecule has 2 N–H and O–H groups in total. The van der Waals surface area contributed by atoms with Gasteiger partial charge in [0.25, 0.3) is 5.91 Å². The molecule has 0 aliphatic rings. The van der Waals surface area contributed by atoms with E-state index in [-0.39, 0.29) is 36.9 Å². The molecule has 3 aromatic carbocycles. The number of Topliss-reactive ketones (excluding diaryl/α,β-unsaturated/α-hetero) is 1. The van der Waals surface area contributed by atoms with Gasteiger partial charge in [0.1, 0.15) is 5.75 Å². The third-order valence-electron chi connectivity index (χ3n) is 5.07. The van der Waals surface area contributed by atoms with Gasteiger partial charge in [-0.1, -0.05) is 41.9 Å². The van der Waals surface area contributed by atoms with Gasteiger partial charge in [-0.3, -0.25) is 9.59 Å². The molecule has 3 amide bonds. The number of hydrogen-bond donors (Lipinski definition) is 2. The molecule has 8 heteroatoms. The second-order valence-corrected chi connectivity index (χ2v) is 8.57. The van der Waals surface area contributed by atoms with Crippen LogP contribution in [0.2, 0.25) is 5.02 Å². The van der Waals surface area contributed by atoms with Gasteiger partial charge in [0, 0.05) is 30.4 Å². The van der Waals surface area contributed by atoms with Crippen molar-refractivity contribution in [2.45, 2.75) is 26.5 Å². The highest BCUT2D eigenvalue weighted by Crippen LogP contribution is 2.27. The first-order valence-corrected chi connectivity index (χ1v) is 11.6. The zero-order valence-corrected chi connectivity index (χ0v) is 20.6. The van der Waals surface area contributed by atoms with Crippen LogP contribution in [0.5, 0.6) is 5.75 Å². The Balaban J connectivity index is 1.67. The zero-order valence-electron chi connectivity index (χ0n) is 19.9. The minimum Gasteiger partial charge on any atom is -0.489 e. The molecule has 0 aliphatic carbocycles. The van der Waals surface area contributed by atoms with Gasteiger partial charge in [0.2, 0.25) is 0 Å². The van der Waals surface area contributed by atoms with Crippen LogP contribution in [-0.4, -0.2) is 42.3 Å². The molecule has 35 heavy (non-hydrogen) atoms. The first-order chi connectivity index (χ1) is 16.8. The van der Waals surface area contributed by atoms with E-state index in [1.807, 2.05) is 19.9 Å². The molecule has 0 radical (unpaired) electrons. The van der Waals surface area contributed by atoms with E-state index >= 15 is 0 Å². The summed E-state index contributed by atoms with van der Waals surface area (Å²) >= 11 is 6.26. The van der Waals surface area contributed by atoms with E-state index < -0.39 is 0 Å². The molecule has 7 nitrogen and oxygen atoms in total. The molecule has 3 aromatic rings. The number of carbonyl (C=O) groups is 3. The van der Waals surface area contributed by atoms with E-state index in [0.717, 1.165) is 5.56 Å². The molecular weight excluding hydrogens is 466 g/mol. The Morgan fingerprint density at radius 1 is 0.943 bits per heavy atom. The number of ether oxygens (including phenoxy) is 1. The summed E-state index contributed by atoms with van der Waals surface area (Å²) in [6, 6.07) is 20.5. The number of rotatable bonds is 9. The molecule has 0 aromatic heterocycles. The van der Waals surface area contributed by atoms with Crippen LogP contribution in [0.25, 0.3) is 0 Å². The molecular formula is C27H28ClN3O4. The first-order valence-electron chi connectivity index (χ1n) is 11.2. The number of ketones is 1. The smallest absolute Gasteiger partial charge is 0.317 e. The highest BCUT2D eigenvalue weighted by atomic mass is 35.5. The molecule has 0 aliphatic heterocycles. The van der Waals surface area contributed by atoms with Crippen molar-refractivity contribution in [3.8, 4) is 5.75 Å². The molecule has 0 atom stereocenters.